The molecule has 6 heteroatoms. The third kappa shape index (κ3) is 2.58. The van der Waals surface area contributed by atoms with Crippen LogP contribution in [0.25, 0.3) is 0 Å². The molecule has 0 saturated heterocycles. The standard InChI is InChI=1S/C13H15FN2O3/c14-9-5-3-4-8(11(17)18)10(9)16-12(19)13(15)6-1-2-7-13/h3-5H,1-2,6-7,15H2,(H,16,19)(H,17,18). The summed E-state index contributed by atoms with van der Waals surface area (Å²) in [5, 5.41) is 11.3. The average Bonchev–Trinajstić information content (AvgIpc) is 2.79. The van der Waals surface area contributed by atoms with Gasteiger partial charge in [-0.2, -0.15) is 0 Å². The zero-order chi connectivity index (χ0) is 14.0. The van der Waals surface area contributed by atoms with E-state index in [9.17, 15) is 14.0 Å². The molecule has 4 N–H and O–H groups in total. The predicted molar refractivity (Wildman–Crippen MR) is 67.4 cm³/mol. The lowest BCUT2D eigenvalue weighted by atomic mass is 9.97. The van der Waals surface area contributed by atoms with E-state index in [2.05, 4.69) is 5.32 Å². The molecule has 1 amide bonds. The summed E-state index contributed by atoms with van der Waals surface area (Å²) in [7, 11) is 0. The predicted octanol–water partition coefficient (Wildman–Crippen LogP) is 1.73. The van der Waals surface area contributed by atoms with Gasteiger partial charge < -0.3 is 16.2 Å². The first-order valence-electron chi connectivity index (χ1n) is 6.06. The van der Waals surface area contributed by atoms with Gasteiger partial charge in [-0.25, -0.2) is 9.18 Å². The van der Waals surface area contributed by atoms with E-state index in [1.54, 1.807) is 0 Å². The first kappa shape index (κ1) is 13.5. The van der Waals surface area contributed by atoms with Crippen LogP contribution in [-0.4, -0.2) is 22.5 Å². The second kappa shape index (κ2) is 4.97. The van der Waals surface area contributed by atoms with Gasteiger partial charge in [0.25, 0.3) is 0 Å². The number of hydrogen-bond donors (Lipinski definition) is 3. The Bertz CT molecular complexity index is 525. The van der Waals surface area contributed by atoms with E-state index in [0.29, 0.717) is 12.8 Å². The molecule has 0 unspecified atom stereocenters. The molecule has 1 saturated carbocycles. The fourth-order valence-electron chi connectivity index (χ4n) is 2.30. The maximum absolute atomic E-state index is 13.7. The molecule has 1 fully saturated rings. The summed E-state index contributed by atoms with van der Waals surface area (Å²) in [5.41, 5.74) is 4.31. The Labute approximate surface area is 109 Å². The van der Waals surface area contributed by atoms with Gasteiger partial charge in [0.1, 0.15) is 5.82 Å². The summed E-state index contributed by atoms with van der Waals surface area (Å²) in [6, 6.07) is 3.61. The largest absolute Gasteiger partial charge is 0.478 e. The number of anilines is 1. The van der Waals surface area contributed by atoms with Crippen molar-refractivity contribution in [3.05, 3.63) is 29.6 Å². The molecule has 0 radical (unpaired) electrons. The van der Waals surface area contributed by atoms with Gasteiger partial charge in [-0.1, -0.05) is 18.9 Å². The van der Waals surface area contributed by atoms with Gasteiger partial charge in [0.05, 0.1) is 16.8 Å². The summed E-state index contributed by atoms with van der Waals surface area (Å²) in [6.45, 7) is 0. The van der Waals surface area contributed by atoms with Crippen LogP contribution >= 0.6 is 0 Å². The van der Waals surface area contributed by atoms with Crippen LogP contribution in [0.1, 0.15) is 36.0 Å². The fourth-order valence-corrected chi connectivity index (χ4v) is 2.30. The Morgan fingerprint density at radius 2 is 1.95 bits per heavy atom. The van der Waals surface area contributed by atoms with Gasteiger partial charge >= 0.3 is 5.97 Å². The summed E-state index contributed by atoms with van der Waals surface area (Å²) < 4.78 is 13.7. The average molecular weight is 266 g/mol. The Morgan fingerprint density at radius 1 is 1.32 bits per heavy atom. The highest BCUT2D eigenvalue weighted by molar-refractivity contribution is 6.03. The van der Waals surface area contributed by atoms with E-state index in [1.165, 1.54) is 12.1 Å². The third-order valence-corrected chi connectivity index (χ3v) is 3.43. The maximum atomic E-state index is 13.7. The molecule has 0 aromatic heterocycles. The molecule has 2 rings (SSSR count). The zero-order valence-electron chi connectivity index (χ0n) is 10.3. The summed E-state index contributed by atoms with van der Waals surface area (Å²) in [5.74, 6) is -2.61. The van der Waals surface area contributed by atoms with Crippen LogP contribution < -0.4 is 11.1 Å². The molecule has 0 heterocycles. The Kier molecular flexibility index (Phi) is 3.53. The quantitative estimate of drug-likeness (QED) is 0.776. The second-order valence-electron chi connectivity index (χ2n) is 4.78. The summed E-state index contributed by atoms with van der Waals surface area (Å²) in [6.07, 6.45) is 2.73. The molecule has 102 valence electrons. The van der Waals surface area contributed by atoms with Crippen LogP contribution in [0.5, 0.6) is 0 Å². The fraction of sp³-hybridized carbons (Fsp3) is 0.385. The normalized spacial score (nSPS) is 17.2. The van der Waals surface area contributed by atoms with Crippen molar-refractivity contribution < 1.29 is 19.1 Å². The molecule has 1 aromatic carbocycles. The minimum absolute atomic E-state index is 0.282. The van der Waals surface area contributed by atoms with E-state index < -0.39 is 23.2 Å². The number of halogens is 1. The number of hydrogen-bond acceptors (Lipinski definition) is 3. The Hall–Kier alpha value is -1.95. The number of carbonyl (C=O) groups excluding carboxylic acids is 1. The number of nitrogens with one attached hydrogen (secondary N) is 1. The molecule has 19 heavy (non-hydrogen) atoms. The van der Waals surface area contributed by atoms with Gasteiger partial charge in [0.15, 0.2) is 0 Å². The van der Waals surface area contributed by atoms with Gasteiger partial charge in [0.2, 0.25) is 5.91 Å². The highest BCUT2D eigenvalue weighted by Crippen LogP contribution is 2.29. The van der Waals surface area contributed by atoms with E-state index in [4.69, 9.17) is 10.8 Å². The zero-order valence-corrected chi connectivity index (χ0v) is 10.3. The third-order valence-electron chi connectivity index (χ3n) is 3.43. The van der Waals surface area contributed by atoms with Gasteiger partial charge in [-0.05, 0) is 25.0 Å². The number of para-hydroxylation sites is 1. The number of carbonyl (C=O) groups is 2. The van der Waals surface area contributed by atoms with Crippen molar-refractivity contribution in [2.75, 3.05) is 5.32 Å². The highest BCUT2D eigenvalue weighted by Gasteiger charge is 2.37. The van der Waals surface area contributed by atoms with Gasteiger partial charge in [-0.15, -0.1) is 0 Å². The minimum Gasteiger partial charge on any atom is -0.478 e. The lowest BCUT2D eigenvalue weighted by Crippen LogP contribution is -2.49. The molecular formula is C13H15FN2O3. The lowest BCUT2D eigenvalue weighted by molar-refractivity contribution is -0.121. The van der Waals surface area contributed by atoms with Crippen LogP contribution in [0.2, 0.25) is 0 Å². The smallest absolute Gasteiger partial charge is 0.337 e. The Balaban J connectivity index is 2.28. The van der Waals surface area contributed by atoms with E-state index >= 15 is 0 Å². The van der Waals surface area contributed by atoms with Crippen molar-refractivity contribution in [2.24, 2.45) is 5.73 Å². The number of nitrogens with two attached hydrogens (primary N) is 1. The number of carboxylic acid groups (broad SMARTS) is 1. The number of aromatic carboxylic acids is 1. The van der Waals surface area contributed by atoms with E-state index in [1.807, 2.05) is 0 Å². The molecule has 0 aliphatic heterocycles. The van der Waals surface area contributed by atoms with Crippen LogP contribution in [0.4, 0.5) is 10.1 Å². The molecule has 0 bridgehead atoms. The lowest BCUT2D eigenvalue weighted by Gasteiger charge is -2.22. The number of carboxylic acids is 1. The molecule has 1 aromatic rings. The summed E-state index contributed by atoms with van der Waals surface area (Å²) in [4.78, 5) is 23.1. The van der Waals surface area contributed by atoms with Crippen molar-refractivity contribution in [1.82, 2.24) is 0 Å². The first-order valence-corrected chi connectivity index (χ1v) is 6.06. The summed E-state index contributed by atoms with van der Waals surface area (Å²) >= 11 is 0. The highest BCUT2D eigenvalue weighted by atomic mass is 19.1. The molecule has 0 spiro atoms. The molecular weight excluding hydrogens is 251 g/mol. The minimum atomic E-state index is -1.30. The van der Waals surface area contributed by atoms with Crippen molar-refractivity contribution in [1.29, 1.82) is 0 Å². The maximum Gasteiger partial charge on any atom is 0.337 e. The first-order chi connectivity index (χ1) is 8.94. The van der Waals surface area contributed by atoms with Crippen molar-refractivity contribution in [2.45, 2.75) is 31.2 Å². The Morgan fingerprint density at radius 3 is 2.53 bits per heavy atom. The van der Waals surface area contributed by atoms with Crippen LogP contribution in [-0.2, 0) is 4.79 Å². The number of benzene rings is 1. The van der Waals surface area contributed by atoms with Gasteiger partial charge in [0, 0.05) is 0 Å². The number of amides is 1. The van der Waals surface area contributed by atoms with E-state index in [-0.39, 0.29) is 11.3 Å². The number of rotatable bonds is 3. The molecule has 1 aliphatic rings. The molecule has 5 nitrogen and oxygen atoms in total. The van der Waals surface area contributed by atoms with E-state index in [0.717, 1.165) is 18.9 Å². The van der Waals surface area contributed by atoms with Crippen molar-refractivity contribution in [3.8, 4) is 0 Å². The molecule has 0 atom stereocenters. The van der Waals surface area contributed by atoms with Crippen molar-refractivity contribution in [3.63, 3.8) is 0 Å². The van der Waals surface area contributed by atoms with Crippen molar-refractivity contribution >= 4 is 17.6 Å². The topological polar surface area (TPSA) is 92.4 Å². The van der Waals surface area contributed by atoms with Crippen LogP contribution in [0.3, 0.4) is 0 Å². The van der Waals surface area contributed by atoms with Crippen LogP contribution in [0.15, 0.2) is 18.2 Å². The molecule has 1 aliphatic carbocycles. The van der Waals surface area contributed by atoms with Crippen LogP contribution in [0, 0.1) is 5.82 Å². The SMILES string of the molecule is NC1(C(=O)Nc2c(F)cccc2C(=O)O)CCCC1. The second-order valence-corrected chi connectivity index (χ2v) is 4.78. The van der Waals surface area contributed by atoms with Gasteiger partial charge in [-0.3, -0.25) is 4.79 Å². The monoisotopic (exact) mass is 266 g/mol.